The van der Waals surface area contributed by atoms with Crippen molar-refractivity contribution in [2.75, 3.05) is 0 Å². The van der Waals surface area contributed by atoms with Crippen molar-refractivity contribution in [3.05, 3.63) is 29.8 Å². The quantitative estimate of drug-likeness (QED) is 0.499. The van der Waals surface area contributed by atoms with Gasteiger partial charge in [0.25, 0.3) is 4.59 Å². The van der Waals surface area contributed by atoms with Gasteiger partial charge in [0.15, 0.2) is 0 Å². The lowest BCUT2D eigenvalue weighted by Gasteiger charge is -2.06. The van der Waals surface area contributed by atoms with Gasteiger partial charge in [-0.3, -0.25) is 0 Å². The molecule has 0 saturated heterocycles. The van der Waals surface area contributed by atoms with Crippen molar-refractivity contribution in [1.82, 2.24) is 4.98 Å². The molecule has 0 spiro atoms. The molecule has 11 heavy (non-hydrogen) atoms. The van der Waals surface area contributed by atoms with Crippen LogP contribution in [0.15, 0.2) is 18.2 Å². The van der Waals surface area contributed by atoms with Crippen LogP contribution in [0.1, 0.15) is 5.69 Å². The third-order valence-corrected chi connectivity index (χ3v) is 1.39. The maximum absolute atomic E-state index is 12.6. The van der Waals surface area contributed by atoms with Crippen molar-refractivity contribution in [1.29, 1.82) is 0 Å². The largest absolute Gasteiger partial charge is 0.300 e. The molecule has 0 fully saturated rings. The number of pyridine rings is 1. The molecular formula is C6H3Cl2F2N. The Kier molecular flexibility index (Phi) is 2.30. The molecule has 1 rings (SSSR count). The fourth-order valence-electron chi connectivity index (χ4n) is 0.566. The minimum atomic E-state index is -2.62. The highest BCUT2D eigenvalue weighted by Gasteiger charge is 2.27. The van der Waals surface area contributed by atoms with Crippen molar-refractivity contribution in [2.45, 2.75) is 4.59 Å². The summed E-state index contributed by atoms with van der Waals surface area (Å²) in [5, 5.41) is 0. The normalized spacial score (nSPS) is 11.6. The lowest BCUT2D eigenvalue weighted by molar-refractivity contribution is 0.390. The summed E-state index contributed by atoms with van der Waals surface area (Å²) < 4.78 is 22.3. The van der Waals surface area contributed by atoms with Crippen LogP contribution in [-0.4, -0.2) is 4.98 Å². The van der Waals surface area contributed by atoms with Crippen LogP contribution in [0.5, 0.6) is 0 Å². The van der Waals surface area contributed by atoms with Gasteiger partial charge in [-0.1, -0.05) is 29.3 Å². The Bertz CT molecular complexity index is 259. The molecule has 0 amide bonds. The lowest BCUT2D eigenvalue weighted by atomic mass is 10.4. The van der Waals surface area contributed by atoms with E-state index in [0.29, 0.717) is 0 Å². The second-order valence-electron chi connectivity index (χ2n) is 1.84. The predicted octanol–water partition coefficient (Wildman–Crippen LogP) is 2.78. The zero-order chi connectivity index (χ0) is 8.48. The fourth-order valence-corrected chi connectivity index (χ4v) is 0.777. The second kappa shape index (κ2) is 2.91. The minimum Gasteiger partial charge on any atom is -0.219 e. The van der Waals surface area contributed by atoms with Crippen LogP contribution in [0.25, 0.3) is 0 Å². The van der Waals surface area contributed by atoms with E-state index in [1.807, 2.05) is 0 Å². The second-order valence-corrected chi connectivity index (χ2v) is 3.08. The zero-order valence-corrected chi connectivity index (χ0v) is 6.70. The van der Waals surface area contributed by atoms with Crippen LogP contribution in [0.2, 0.25) is 0 Å². The molecule has 1 nitrogen and oxygen atoms in total. The number of rotatable bonds is 1. The van der Waals surface area contributed by atoms with Crippen molar-refractivity contribution >= 4 is 23.2 Å². The molecule has 0 N–H and O–H groups in total. The number of nitrogens with zero attached hydrogens (tertiary/aromatic N) is 1. The first-order valence-corrected chi connectivity index (χ1v) is 3.45. The van der Waals surface area contributed by atoms with E-state index in [4.69, 9.17) is 23.2 Å². The summed E-state index contributed by atoms with van der Waals surface area (Å²) in [6.07, 6.45) is 0. The Morgan fingerprint density at radius 3 is 2.36 bits per heavy atom. The number of hydrogen-bond acceptors (Lipinski definition) is 1. The van der Waals surface area contributed by atoms with Crippen molar-refractivity contribution in [2.24, 2.45) is 0 Å². The number of halogens is 4. The minimum absolute atomic E-state index is 0.346. The van der Waals surface area contributed by atoms with Gasteiger partial charge in [0.2, 0.25) is 5.95 Å². The van der Waals surface area contributed by atoms with Gasteiger partial charge in [0.1, 0.15) is 5.69 Å². The molecule has 1 heterocycles. The Hall–Kier alpha value is -0.410. The molecule has 0 aromatic carbocycles. The van der Waals surface area contributed by atoms with E-state index in [1.165, 1.54) is 12.1 Å². The van der Waals surface area contributed by atoms with E-state index < -0.39 is 10.5 Å². The van der Waals surface area contributed by atoms with Gasteiger partial charge in [0, 0.05) is 0 Å². The highest BCUT2D eigenvalue weighted by molar-refractivity contribution is 6.46. The van der Waals surface area contributed by atoms with Gasteiger partial charge < -0.3 is 0 Å². The summed E-state index contributed by atoms with van der Waals surface area (Å²) in [5.74, 6) is -0.814. The third-order valence-electron chi connectivity index (χ3n) is 1.01. The molecule has 5 heteroatoms. The van der Waals surface area contributed by atoms with Crippen LogP contribution < -0.4 is 0 Å². The average molecular weight is 198 g/mol. The highest BCUT2D eigenvalue weighted by atomic mass is 35.5. The van der Waals surface area contributed by atoms with Crippen LogP contribution in [0, 0.1) is 5.95 Å². The van der Waals surface area contributed by atoms with E-state index in [9.17, 15) is 8.78 Å². The van der Waals surface area contributed by atoms with Gasteiger partial charge in [-0.2, -0.15) is 4.39 Å². The summed E-state index contributed by atoms with van der Waals surface area (Å²) in [6.45, 7) is 0. The molecule has 60 valence electrons. The monoisotopic (exact) mass is 197 g/mol. The van der Waals surface area contributed by atoms with Gasteiger partial charge in [-0.25, -0.2) is 9.37 Å². The maximum Gasteiger partial charge on any atom is 0.300 e. The predicted molar refractivity (Wildman–Crippen MR) is 38.7 cm³/mol. The molecule has 0 aliphatic heterocycles. The fraction of sp³-hybridized carbons (Fsp3) is 0.167. The highest BCUT2D eigenvalue weighted by Crippen LogP contribution is 2.33. The van der Waals surface area contributed by atoms with Crippen LogP contribution in [0.4, 0.5) is 8.78 Å². The van der Waals surface area contributed by atoms with Crippen molar-refractivity contribution in [3.63, 3.8) is 0 Å². The molecule has 0 radical (unpaired) electrons. The summed E-state index contributed by atoms with van der Waals surface area (Å²) in [5.41, 5.74) is -0.346. The molecule has 0 aliphatic rings. The van der Waals surface area contributed by atoms with Crippen LogP contribution >= 0.6 is 23.2 Å². The zero-order valence-electron chi connectivity index (χ0n) is 5.19. The average Bonchev–Trinajstić information content (AvgIpc) is 1.86. The standard InChI is InChI=1S/C6H3Cl2F2N/c7-6(8,10)4-2-1-3-5(9)11-4/h1-3H. The first-order valence-electron chi connectivity index (χ1n) is 2.70. The smallest absolute Gasteiger partial charge is 0.219 e. The van der Waals surface area contributed by atoms with E-state index in [1.54, 1.807) is 0 Å². The van der Waals surface area contributed by atoms with Gasteiger partial charge in [-0.15, -0.1) is 0 Å². The molecule has 1 aromatic heterocycles. The molecule has 1 aromatic rings. The Morgan fingerprint density at radius 1 is 1.36 bits per heavy atom. The number of aromatic nitrogens is 1. The summed E-state index contributed by atoms with van der Waals surface area (Å²) in [6, 6.07) is 3.54. The Balaban J connectivity index is 3.06. The lowest BCUT2D eigenvalue weighted by Crippen LogP contribution is -2.05. The van der Waals surface area contributed by atoms with E-state index >= 15 is 0 Å². The maximum atomic E-state index is 12.6. The summed E-state index contributed by atoms with van der Waals surface area (Å²) in [7, 11) is 0. The van der Waals surface area contributed by atoms with E-state index in [2.05, 4.69) is 4.98 Å². The van der Waals surface area contributed by atoms with Crippen molar-refractivity contribution in [3.8, 4) is 0 Å². The van der Waals surface area contributed by atoms with Crippen molar-refractivity contribution < 1.29 is 8.78 Å². The Morgan fingerprint density at radius 2 is 2.00 bits per heavy atom. The van der Waals surface area contributed by atoms with Gasteiger partial charge in [0.05, 0.1) is 0 Å². The molecule has 0 bridgehead atoms. The first-order chi connectivity index (χ1) is 5.00. The first kappa shape index (κ1) is 8.68. The topological polar surface area (TPSA) is 12.9 Å². The number of hydrogen-bond donors (Lipinski definition) is 0. The molecular weight excluding hydrogens is 195 g/mol. The summed E-state index contributed by atoms with van der Waals surface area (Å²) in [4.78, 5) is 3.14. The molecule has 0 aliphatic carbocycles. The Labute approximate surface area is 72.0 Å². The SMILES string of the molecule is Fc1cccc(C(F)(Cl)Cl)n1. The summed E-state index contributed by atoms with van der Waals surface area (Å²) >= 11 is 10.0. The molecule has 0 saturated carbocycles. The van der Waals surface area contributed by atoms with E-state index in [-0.39, 0.29) is 5.69 Å². The number of alkyl halides is 3. The van der Waals surface area contributed by atoms with Gasteiger partial charge in [-0.05, 0) is 12.1 Å². The molecule has 0 atom stereocenters. The van der Waals surface area contributed by atoms with Crippen LogP contribution in [0.3, 0.4) is 0 Å². The molecule has 0 unspecified atom stereocenters. The third kappa shape index (κ3) is 2.27. The van der Waals surface area contributed by atoms with Gasteiger partial charge >= 0.3 is 0 Å². The van der Waals surface area contributed by atoms with Crippen LogP contribution in [-0.2, 0) is 4.59 Å². The van der Waals surface area contributed by atoms with E-state index in [0.717, 1.165) is 6.07 Å².